The minimum absolute atomic E-state index is 0.00464. The lowest BCUT2D eigenvalue weighted by molar-refractivity contribution is 0.458. The molecule has 6 heteroatoms. The van der Waals surface area contributed by atoms with Crippen LogP contribution in [0.15, 0.2) is 100 Å². The third-order valence-electron chi connectivity index (χ3n) is 6.57. The molecule has 3 aromatic rings. The highest BCUT2D eigenvalue weighted by atomic mass is 35.5. The molecular formula is C29H21Cl2FN2S. The molecule has 0 radical (unpaired) electrons. The topological polar surface area (TPSA) is 15.6 Å². The molecule has 0 saturated carbocycles. The van der Waals surface area contributed by atoms with Gasteiger partial charge in [0.15, 0.2) is 5.17 Å². The number of aliphatic imine (C=N–C) groups is 1. The summed E-state index contributed by atoms with van der Waals surface area (Å²) in [5.41, 5.74) is 7.92. The van der Waals surface area contributed by atoms with Crippen LogP contribution < -0.4 is 0 Å². The number of hydrogen-bond acceptors (Lipinski definition) is 3. The number of thioether (sulfide) groups is 1. The molecule has 0 spiro atoms. The highest BCUT2D eigenvalue weighted by Crippen LogP contribution is 2.51. The van der Waals surface area contributed by atoms with Gasteiger partial charge >= 0.3 is 0 Å². The van der Waals surface area contributed by atoms with Crippen LogP contribution in [0.5, 0.6) is 0 Å². The lowest BCUT2D eigenvalue weighted by atomic mass is 9.83. The summed E-state index contributed by atoms with van der Waals surface area (Å²) in [7, 11) is 0. The molecule has 0 saturated heterocycles. The molecule has 0 amide bonds. The van der Waals surface area contributed by atoms with E-state index in [1.54, 1.807) is 11.8 Å². The monoisotopic (exact) mass is 518 g/mol. The molecule has 174 valence electrons. The number of halogens is 3. The van der Waals surface area contributed by atoms with Crippen molar-refractivity contribution in [3.63, 3.8) is 0 Å². The average Bonchev–Trinajstić information content (AvgIpc) is 3.29. The molecular weight excluding hydrogens is 498 g/mol. The van der Waals surface area contributed by atoms with Crippen molar-refractivity contribution in [3.05, 3.63) is 128 Å². The number of rotatable bonds is 3. The van der Waals surface area contributed by atoms with Gasteiger partial charge in [-0.05, 0) is 102 Å². The second-order valence-corrected chi connectivity index (χ2v) is 10.5. The van der Waals surface area contributed by atoms with E-state index < -0.39 is 0 Å². The molecule has 3 aromatic carbocycles. The van der Waals surface area contributed by atoms with E-state index in [2.05, 4.69) is 28.5 Å². The van der Waals surface area contributed by atoms with Gasteiger partial charge in [-0.2, -0.15) is 0 Å². The zero-order valence-electron chi connectivity index (χ0n) is 18.7. The molecule has 3 aliphatic rings. The Balaban J connectivity index is 1.48. The van der Waals surface area contributed by atoms with Crippen molar-refractivity contribution in [1.82, 2.24) is 4.90 Å². The third kappa shape index (κ3) is 4.35. The van der Waals surface area contributed by atoms with Crippen LogP contribution in [0.4, 0.5) is 4.39 Å². The smallest absolute Gasteiger partial charge is 0.174 e. The first-order valence-electron chi connectivity index (χ1n) is 11.5. The fraction of sp³-hybridized carbons (Fsp3) is 0.138. The van der Waals surface area contributed by atoms with E-state index in [4.69, 9.17) is 28.2 Å². The van der Waals surface area contributed by atoms with Crippen molar-refractivity contribution in [3.8, 4) is 0 Å². The normalized spacial score (nSPS) is 20.5. The van der Waals surface area contributed by atoms with Gasteiger partial charge in [0.25, 0.3) is 0 Å². The summed E-state index contributed by atoms with van der Waals surface area (Å²) < 4.78 is 13.7. The molecule has 1 atom stereocenters. The van der Waals surface area contributed by atoms with E-state index in [0.29, 0.717) is 5.02 Å². The van der Waals surface area contributed by atoms with E-state index in [0.717, 1.165) is 57.5 Å². The zero-order chi connectivity index (χ0) is 23.9. The fourth-order valence-electron chi connectivity index (χ4n) is 4.95. The van der Waals surface area contributed by atoms with E-state index in [-0.39, 0.29) is 11.9 Å². The second-order valence-electron chi connectivity index (χ2n) is 8.79. The summed E-state index contributed by atoms with van der Waals surface area (Å²) in [4.78, 5) is 7.48. The maximum absolute atomic E-state index is 13.7. The maximum Gasteiger partial charge on any atom is 0.174 e. The predicted octanol–water partition coefficient (Wildman–Crippen LogP) is 9.11. The van der Waals surface area contributed by atoms with Crippen molar-refractivity contribution in [1.29, 1.82) is 0 Å². The van der Waals surface area contributed by atoms with Gasteiger partial charge in [-0.1, -0.05) is 59.2 Å². The molecule has 6 rings (SSSR count). The molecule has 2 aliphatic heterocycles. The fourth-order valence-corrected chi connectivity index (χ4v) is 6.13. The zero-order valence-corrected chi connectivity index (χ0v) is 21.0. The van der Waals surface area contributed by atoms with Gasteiger partial charge in [0.2, 0.25) is 0 Å². The number of nitrogens with zero attached hydrogens (tertiary/aromatic N) is 2. The second kappa shape index (κ2) is 9.34. The predicted molar refractivity (Wildman–Crippen MR) is 146 cm³/mol. The van der Waals surface area contributed by atoms with Gasteiger partial charge in [0, 0.05) is 15.5 Å². The van der Waals surface area contributed by atoms with Gasteiger partial charge in [-0.15, -0.1) is 0 Å². The summed E-state index contributed by atoms with van der Waals surface area (Å²) in [5.74, 6) is -0.240. The van der Waals surface area contributed by atoms with Gasteiger partial charge < -0.3 is 4.90 Å². The van der Waals surface area contributed by atoms with Crippen LogP contribution in [-0.2, 0) is 0 Å². The standard InChI is InChI=1S/C29H21Cl2FN2S/c30-22-10-4-18(5-11-22)16-21-2-1-3-25-27(21)33-29-34(28(25)20-6-12-23(31)13-7-20)26(17-35-29)19-8-14-24(32)15-9-19/h4-17,28H,1-3H2/b21-16-/t28-/m0/s1. The van der Waals surface area contributed by atoms with E-state index in [1.165, 1.54) is 23.3 Å². The first kappa shape index (κ1) is 22.7. The molecule has 0 fully saturated rings. The van der Waals surface area contributed by atoms with Crippen LogP contribution in [0, 0.1) is 5.82 Å². The van der Waals surface area contributed by atoms with Crippen molar-refractivity contribution < 1.29 is 4.39 Å². The van der Waals surface area contributed by atoms with Gasteiger partial charge in [-0.3, -0.25) is 0 Å². The number of amidine groups is 1. The highest BCUT2D eigenvalue weighted by molar-refractivity contribution is 8.16. The Labute approximate surface area is 218 Å². The molecule has 0 bridgehead atoms. The molecule has 2 heterocycles. The molecule has 0 aromatic heterocycles. The third-order valence-corrected chi connectivity index (χ3v) is 7.92. The molecule has 1 aliphatic carbocycles. The van der Waals surface area contributed by atoms with Crippen molar-refractivity contribution in [2.24, 2.45) is 4.99 Å². The summed E-state index contributed by atoms with van der Waals surface area (Å²) in [6.45, 7) is 0. The summed E-state index contributed by atoms with van der Waals surface area (Å²) in [6.07, 6.45) is 5.24. The molecule has 0 unspecified atom stereocenters. The first-order chi connectivity index (χ1) is 17.1. The maximum atomic E-state index is 13.7. The van der Waals surface area contributed by atoms with Gasteiger partial charge in [0.05, 0.1) is 17.4 Å². The molecule has 2 nitrogen and oxygen atoms in total. The number of fused-ring (bicyclic) bond motifs is 1. The Morgan fingerprint density at radius 2 is 1.57 bits per heavy atom. The summed E-state index contributed by atoms with van der Waals surface area (Å²) in [6, 6.07) is 22.7. The minimum Gasteiger partial charge on any atom is -0.308 e. The van der Waals surface area contributed by atoms with Crippen molar-refractivity contribution in [2.45, 2.75) is 25.3 Å². The molecule has 0 N–H and O–H groups in total. The number of allylic oxidation sites excluding steroid dienone is 1. The van der Waals surface area contributed by atoms with E-state index in [1.807, 2.05) is 48.5 Å². The summed E-state index contributed by atoms with van der Waals surface area (Å²) in [5, 5.41) is 4.50. The Kier molecular flexibility index (Phi) is 6.05. The Bertz CT molecular complexity index is 1400. The van der Waals surface area contributed by atoms with Crippen LogP contribution in [0.1, 0.15) is 42.0 Å². The highest BCUT2D eigenvalue weighted by Gasteiger charge is 2.40. The van der Waals surface area contributed by atoms with Crippen LogP contribution in [0.2, 0.25) is 10.0 Å². The summed E-state index contributed by atoms with van der Waals surface area (Å²) >= 11 is 14.0. The van der Waals surface area contributed by atoms with Crippen molar-refractivity contribution >= 4 is 51.9 Å². The average molecular weight is 519 g/mol. The number of benzene rings is 3. The van der Waals surface area contributed by atoms with E-state index >= 15 is 0 Å². The molecule has 35 heavy (non-hydrogen) atoms. The lowest BCUT2D eigenvalue weighted by Gasteiger charge is -2.40. The number of hydrogen-bond donors (Lipinski definition) is 0. The van der Waals surface area contributed by atoms with Crippen LogP contribution in [-0.4, -0.2) is 10.1 Å². The largest absolute Gasteiger partial charge is 0.308 e. The van der Waals surface area contributed by atoms with Crippen LogP contribution in [0.3, 0.4) is 0 Å². The lowest BCUT2D eigenvalue weighted by Crippen LogP contribution is -2.34. The Morgan fingerprint density at radius 3 is 2.29 bits per heavy atom. The first-order valence-corrected chi connectivity index (χ1v) is 13.2. The SMILES string of the molecule is Fc1ccc(C2=CSC3=NC4=C(CCC/C4=C/c4ccc(Cl)cc4)[C@H](c4ccc(Cl)cc4)N23)cc1. The van der Waals surface area contributed by atoms with Crippen LogP contribution >= 0.6 is 35.0 Å². The Morgan fingerprint density at radius 1 is 0.886 bits per heavy atom. The Hall–Kier alpha value is -2.79. The van der Waals surface area contributed by atoms with Crippen LogP contribution in [0.25, 0.3) is 11.8 Å². The van der Waals surface area contributed by atoms with Gasteiger partial charge in [0.1, 0.15) is 5.82 Å². The minimum atomic E-state index is -0.240. The van der Waals surface area contributed by atoms with Gasteiger partial charge in [-0.25, -0.2) is 9.38 Å². The van der Waals surface area contributed by atoms with Crippen molar-refractivity contribution in [2.75, 3.05) is 0 Å². The quantitative estimate of drug-likeness (QED) is 0.343. The van der Waals surface area contributed by atoms with E-state index in [9.17, 15) is 4.39 Å².